The van der Waals surface area contributed by atoms with Crippen molar-refractivity contribution >= 4 is 28.1 Å². The number of hydrogen-bond acceptors (Lipinski definition) is 5. The molecule has 0 unspecified atom stereocenters. The summed E-state index contributed by atoms with van der Waals surface area (Å²) in [6, 6.07) is 14.1. The number of carbonyl (C=O) groups excluding carboxylic acids is 1. The van der Waals surface area contributed by atoms with Crippen molar-refractivity contribution in [3.8, 4) is 0 Å². The quantitative estimate of drug-likeness (QED) is 0.391. The zero-order valence-electron chi connectivity index (χ0n) is 16.8. The van der Waals surface area contributed by atoms with Crippen LogP contribution in [0.15, 0.2) is 48.5 Å². The molecule has 0 aliphatic carbocycles. The number of fused-ring (bicyclic) bond motifs is 3. The van der Waals surface area contributed by atoms with E-state index in [0.29, 0.717) is 19.4 Å². The SMILES string of the molecule is Cc1nc2c3ccccc3nn2c(C)c1CCC(=O)NCc1ccc([N+](=O)[O-])cc1. The lowest BCUT2D eigenvalue weighted by molar-refractivity contribution is -0.384. The second-order valence-electron chi connectivity index (χ2n) is 7.21. The molecule has 2 heterocycles. The minimum absolute atomic E-state index is 0.0326. The van der Waals surface area contributed by atoms with Crippen LogP contribution in [0, 0.1) is 24.0 Å². The number of nitro benzene ring substituents is 1. The van der Waals surface area contributed by atoms with Gasteiger partial charge in [0.05, 0.1) is 10.4 Å². The third-order valence-corrected chi connectivity index (χ3v) is 5.26. The van der Waals surface area contributed by atoms with Crippen molar-refractivity contribution in [2.45, 2.75) is 33.2 Å². The van der Waals surface area contributed by atoms with E-state index in [0.717, 1.165) is 39.1 Å². The molecule has 30 heavy (non-hydrogen) atoms. The van der Waals surface area contributed by atoms with E-state index >= 15 is 0 Å². The Hall–Kier alpha value is -3.81. The number of aryl methyl sites for hydroxylation is 2. The number of carbonyl (C=O) groups is 1. The summed E-state index contributed by atoms with van der Waals surface area (Å²) < 4.78 is 1.85. The van der Waals surface area contributed by atoms with Gasteiger partial charge >= 0.3 is 0 Å². The molecule has 2 aromatic heterocycles. The molecular formula is C22H21N5O3. The number of non-ortho nitro benzene ring substituents is 1. The largest absolute Gasteiger partial charge is 0.352 e. The number of hydrogen-bond donors (Lipinski definition) is 1. The van der Waals surface area contributed by atoms with E-state index < -0.39 is 4.92 Å². The van der Waals surface area contributed by atoms with Gasteiger partial charge in [-0.15, -0.1) is 0 Å². The molecule has 0 spiro atoms. The van der Waals surface area contributed by atoms with Crippen LogP contribution in [-0.4, -0.2) is 25.4 Å². The number of nitrogens with one attached hydrogen (secondary N) is 1. The Labute approximate surface area is 172 Å². The van der Waals surface area contributed by atoms with E-state index in [9.17, 15) is 14.9 Å². The third-order valence-electron chi connectivity index (χ3n) is 5.26. The zero-order valence-corrected chi connectivity index (χ0v) is 16.8. The predicted octanol–water partition coefficient (Wildman–Crippen LogP) is 3.66. The van der Waals surface area contributed by atoms with Gasteiger partial charge < -0.3 is 5.32 Å². The number of rotatable bonds is 6. The molecule has 0 aliphatic rings. The number of benzene rings is 2. The summed E-state index contributed by atoms with van der Waals surface area (Å²) in [5.41, 5.74) is 5.46. The van der Waals surface area contributed by atoms with E-state index in [2.05, 4.69) is 10.4 Å². The van der Waals surface area contributed by atoms with E-state index in [1.807, 2.05) is 42.6 Å². The van der Waals surface area contributed by atoms with Gasteiger partial charge in [-0.2, -0.15) is 5.10 Å². The second-order valence-corrected chi connectivity index (χ2v) is 7.21. The number of nitro groups is 1. The molecule has 1 N–H and O–H groups in total. The lowest BCUT2D eigenvalue weighted by atomic mass is 10.1. The van der Waals surface area contributed by atoms with Crippen LogP contribution in [0.3, 0.4) is 0 Å². The van der Waals surface area contributed by atoms with Gasteiger partial charge in [0.15, 0.2) is 5.65 Å². The van der Waals surface area contributed by atoms with Crippen LogP contribution < -0.4 is 5.32 Å². The first kappa shape index (κ1) is 19.5. The van der Waals surface area contributed by atoms with Crippen LogP contribution in [-0.2, 0) is 17.8 Å². The highest BCUT2D eigenvalue weighted by Crippen LogP contribution is 2.23. The molecule has 1 amide bonds. The number of amides is 1. The monoisotopic (exact) mass is 403 g/mol. The van der Waals surface area contributed by atoms with Gasteiger partial charge in [0, 0.05) is 41.9 Å². The highest BCUT2D eigenvalue weighted by Gasteiger charge is 2.15. The van der Waals surface area contributed by atoms with Crippen molar-refractivity contribution in [3.05, 3.63) is 81.2 Å². The van der Waals surface area contributed by atoms with Crippen molar-refractivity contribution in [1.82, 2.24) is 19.9 Å². The standard InChI is InChI=1S/C22H21N5O3/c1-14-18(15(2)26-22(24-14)19-5-3-4-6-20(19)25-26)11-12-21(28)23-13-16-7-9-17(10-8-16)27(29)30/h3-10H,11-13H2,1-2H3,(H,23,28). The summed E-state index contributed by atoms with van der Waals surface area (Å²) in [5, 5.41) is 19.2. The molecule has 0 radical (unpaired) electrons. The smallest absolute Gasteiger partial charge is 0.269 e. The summed E-state index contributed by atoms with van der Waals surface area (Å²) >= 11 is 0. The number of nitrogens with zero attached hydrogens (tertiary/aromatic N) is 4. The Morgan fingerprint density at radius 3 is 2.60 bits per heavy atom. The first-order valence-corrected chi connectivity index (χ1v) is 9.67. The van der Waals surface area contributed by atoms with Crippen molar-refractivity contribution < 1.29 is 9.72 Å². The van der Waals surface area contributed by atoms with Crippen LogP contribution in [0.25, 0.3) is 16.6 Å². The fourth-order valence-corrected chi connectivity index (χ4v) is 3.60. The maximum atomic E-state index is 12.3. The highest BCUT2D eigenvalue weighted by molar-refractivity contribution is 5.92. The summed E-state index contributed by atoms with van der Waals surface area (Å²) in [6.45, 7) is 4.28. The molecule has 0 atom stereocenters. The van der Waals surface area contributed by atoms with Gasteiger partial charge in [0.25, 0.3) is 5.69 Å². The Balaban J connectivity index is 1.44. The van der Waals surface area contributed by atoms with Gasteiger partial charge in [0.2, 0.25) is 5.91 Å². The molecule has 4 rings (SSSR count). The summed E-state index contributed by atoms with van der Waals surface area (Å²) in [7, 11) is 0. The summed E-state index contributed by atoms with van der Waals surface area (Å²) in [5.74, 6) is -0.0853. The highest BCUT2D eigenvalue weighted by atomic mass is 16.6. The maximum absolute atomic E-state index is 12.3. The minimum atomic E-state index is -0.444. The normalized spacial score (nSPS) is 11.1. The average molecular weight is 403 g/mol. The van der Waals surface area contributed by atoms with E-state index in [-0.39, 0.29) is 11.6 Å². The van der Waals surface area contributed by atoms with Crippen LogP contribution >= 0.6 is 0 Å². The van der Waals surface area contributed by atoms with Crippen LogP contribution in [0.1, 0.15) is 28.9 Å². The minimum Gasteiger partial charge on any atom is -0.352 e. The number of aromatic nitrogens is 3. The van der Waals surface area contributed by atoms with E-state index in [4.69, 9.17) is 4.98 Å². The first-order chi connectivity index (χ1) is 14.4. The van der Waals surface area contributed by atoms with Crippen molar-refractivity contribution in [1.29, 1.82) is 0 Å². The Kier molecular flexibility index (Phi) is 5.14. The van der Waals surface area contributed by atoms with Crippen molar-refractivity contribution in [3.63, 3.8) is 0 Å². The van der Waals surface area contributed by atoms with Crippen LogP contribution in [0.5, 0.6) is 0 Å². The fraction of sp³-hybridized carbons (Fsp3) is 0.227. The first-order valence-electron chi connectivity index (χ1n) is 9.67. The molecule has 0 saturated heterocycles. The molecule has 2 aromatic carbocycles. The van der Waals surface area contributed by atoms with E-state index in [1.165, 1.54) is 12.1 Å². The van der Waals surface area contributed by atoms with Gasteiger partial charge in [0.1, 0.15) is 0 Å². The van der Waals surface area contributed by atoms with Gasteiger partial charge in [-0.1, -0.05) is 24.3 Å². The average Bonchev–Trinajstić information content (AvgIpc) is 3.11. The molecule has 152 valence electrons. The fourth-order valence-electron chi connectivity index (χ4n) is 3.60. The molecule has 4 aromatic rings. The van der Waals surface area contributed by atoms with Gasteiger partial charge in [-0.05, 0) is 43.5 Å². The maximum Gasteiger partial charge on any atom is 0.269 e. The molecular weight excluding hydrogens is 382 g/mol. The lowest BCUT2D eigenvalue weighted by Crippen LogP contribution is -2.23. The Morgan fingerprint density at radius 1 is 1.13 bits per heavy atom. The molecule has 0 fully saturated rings. The van der Waals surface area contributed by atoms with Gasteiger partial charge in [-0.3, -0.25) is 14.9 Å². The predicted molar refractivity (Wildman–Crippen MR) is 113 cm³/mol. The second kappa shape index (κ2) is 7.90. The molecule has 0 aliphatic heterocycles. The van der Waals surface area contributed by atoms with E-state index in [1.54, 1.807) is 12.1 Å². The van der Waals surface area contributed by atoms with Crippen LogP contribution in [0.4, 0.5) is 5.69 Å². The van der Waals surface area contributed by atoms with Gasteiger partial charge in [-0.25, -0.2) is 9.50 Å². The van der Waals surface area contributed by atoms with Crippen molar-refractivity contribution in [2.24, 2.45) is 0 Å². The van der Waals surface area contributed by atoms with Crippen molar-refractivity contribution in [2.75, 3.05) is 0 Å². The molecule has 8 nitrogen and oxygen atoms in total. The lowest BCUT2D eigenvalue weighted by Gasteiger charge is -2.11. The summed E-state index contributed by atoms with van der Waals surface area (Å²) in [6.07, 6.45) is 0.880. The Morgan fingerprint density at radius 2 is 1.87 bits per heavy atom. The Bertz CT molecular complexity index is 1260. The zero-order chi connectivity index (χ0) is 21.3. The molecule has 8 heteroatoms. The third kappa shape index (κ3) is 3.71. The molecule has 0 bridgehead atoms. The summed E-state index contributed by atoms with van der Waals surface area (Å²) in [4.78, 5) is 27.3. The van der Waals surface area contributed by atoms with Crippen LogP contribution in [0.2, 0.25) is 0 Å². The molecule has 0 saturated carbocycles. The topological polar surface area (TPSA) is 102 Å².